The van der Waals surface area contributed by atoms with E-state index in [0.29, 0.717) is 0 Å². The highest BCUT2D eigenvalue weighted by Gasteiger charge is 2.34. The Bertz CT molecular complexity index is 3750. The molecule has 1 aliphatic carbocycles. The topological polar surface area (TPSA) is 32.8 Å². The monoisotopic (exact) mass is 858 g/mol. The van der Waals surface area contributed by atoms with Gasteiger partial charge >= 0.3 is 0 Å². The van der Waals surface area contributed by atoms with Crippen LogP contribution < -0.4 is 9.80 Å². The molecule has 0 amide bonds. The number of benzene rings is 9. The van der Waals surface area contributed by atoms with Gasteiger partial charge in [-0.25, -0.2) is 0 Å². The summed E-state index contributed by atoms with van der Waals surface area (Å²) in [6.45, 7) is 18.1. The van der Waals surface area contributed by atoms with E-state index in [2.05, 4.69) is 229 Å². The second kappa shape index (κ2) is 14.6. The molecule has 1 atom stereocenters. The third kappa shape index (κ3) is 6.18. The molecule has 9 aromatic carbocycles. The van der Waals surface area contributed by atoms with Crippen molar-refractivity contribution in [1.82, 2.24) is 0 Å². The third-order valence-electron chi connectivity index (χ3n) is 14.2. The maximum absolute atomic E-state index is 7.14. The number of hydrogen-bond donors (Lipinski definition) is 0. The second-order valence-corrected chi connectivity index (χ2v) is 20.7. The van der Waals surface area contributed by atoms with Crippen LogP contribution in [-0.4, -0.2) is 0 Å². The van der Waals surface area contributed by atoms with E-state index in [1.807, 2.05) is 0 Å². The van der Waals surface area contributed by atoms with Crippen molar-refractivity contribution in [2.24, 2.45) is 5.41 Å². The number of aryl methyl sites for hydroxylation is 2. The van der Waals surface area contributed by atoms with E-state index in [9.17, 15) is 0 Å². The number of furan rings is 2. The van der Waals surface area contributed by atoms with Gasteiger partial charge in [-0.05, 0) is 112 Å². The zero-order chi connectivity index (χ0) is 45.2. The summed E-state index contributed by atoms with van der Waals surface area (Å²) in [6, 6.07) is 56.0. The van der Waals surface area contributed by atoms with Gasteiger partial charge in [0.15, 0.2) is 11.2 Å². The van der Waals surface area contributed by atoms with E-state index in [1.165, 1.54) is 54.6 Å². The van der Waals surface area contributed by atoms with Gasteiger partial charge in [0.1, 0.15) is 11.3 Å². The molecular weight excluding hydrogens is 805 g/mol. The number of rotatable bonds is 6. The summed E-state index contributed by atoms with van der Waals surface area (Å²) in [6.07, 6.45) is 5.57. The molecule has 4 heteroatoms. The smallest absolute Gasteiger partial charge is 0.159 e. The minimum absolute atomic E-state index is 0.0536. The van der Waals surface area contributed by atoms with Crippen molar-refractivity contribution in [2.45, 2.75) is 73.1 Å². The van der Waals surface area contributed by atoms with E-state index in [4.69, 9.17) is 8.83 Å². The number of allylic oxidation sites excluding steroid dienone is 1. The summed E-state index contributed by atoms with van der Waals surface area (Å²) in [5.41, 5.74) is 13.9. The number of anilines is 6. The third-order valence-corrected chi connectivity index (χ3v) is 14.2. The fraction of sp³-hybridized carbons (Fsp3) is 0.194. The largest absolute Gasteiger partial charge is 0.458 e. The van der Waals surface area contributed by atoms with Crippen molar-refractivity contribution in [2.75, 3.05) is 9.80 Å². The summed E-state index contributed by atoms with van der Waals surface area (Å²) in [7, 11) is 0. The highest BCUT2D eigenvalue weighted by molar-refractivity contribution is 6.28. The van der Waals surface area contributed by atoms with Crippen molar-refractivity contribution < 1.29 is 8.83 Å². The van der Waals surface area contributed by atoms with Crippen LogP contribution in [-0.2, 0) is 5.41 Å². The summed E-state index contributed by atoms with van der Waals surface area (Å²) in [5, 5.41) is 10.6. The molecule has 2 heterocycles. The van der Waals surface area contributed by atoms with E-state index < -0.39 is 0 Å². The van der Waals surface area contributed by atoms with E-state index >= 15 is 0 Å². The molecule has 0 aliphatic heterocycles. The highest BCUT2D eigenvalue weighted by Crippen LogP contribution is 2.52. The van der Waals surface area contributed by atoms with Crippen molar-refractivity contribution in [3.05, 3.63) is 186 Å². The van der Waals surface area contributed by atoms with Crippen LogP contribution in [0.4, 0.5) is 34.1 Å². The minimum atomic E-state index is -0.0832. The molecule has 1 unspecified atom stereocenters. The van der Waals surface area contributed by atoms with Gasteiger partial charge in [0, 0.05) is 55.4 Å². The molecule has 2 aromatic heterocycles. The van der Waals surface area contributed by atoms with Gasteiger partial charge in [0.2, 0.25) is 0 Å². The average molecular weight is 859 g/mol. The van der Waals surface area contributed by atoms with Crippen molar-refractivity contribution >= 4 is 105 Å². The lowest BCUT2D eigenvalue weighted by Crippen LogP contribution is -2.19. The molecule has 0 saturated carbocycles. The Kier molecular flexibility index (Phi) is 8.90. The first-order valence-corrected chi connectivity index (χ1v) is 23.4. The Balaban J connectivity index is 1.11. The average Bonchev–Trinajstić information content (AvgIpc) is 3.88. The maximum Gasteiger partial charge on any atom is 0.159 e. The molecule has 66 heavy (non-hydrogen) atoms. The van der Waals surface area contributed by atoms with Crippen molar-refractivity contribution in [1.29, 1.82) is 0 Å². The van der Waals surface area contributed by atoms with Crippen LogP contribution >= 0.6 is 0 Å². The lowest BCUT2D eigenvalue weighted by Gasteiger charge is -2.30. The molecule has 11 aromatic rings. The van der Waals surface area contributed by atoms with E-state index in [0.717, 1.165) is 79.2 Å². The number of nitrogens with zero attached hydrogens (tertiary/aromatic N) is 2. The van der Waals surface area contributed by atoms with E-state index in [1.54, 1.807) is 0 Å². The second-order valence-electron chi connectivity index (χ2n) is 20.7. The predicted octanol–water partition coefficient (Wildman–Crippen LogP) is 18.6. The van der Waals surface area contributed by atoms with Gasteiger partial charge in [-0.1, -0.05) is 157 Å². The molecule has 0 spiro atoms. The van der Waals surface area contributed by atoms with Crippen LogP contribution in [0, 0.1) is 19.3 Å². The Labute approximate surface area is 386 Å². The van der Waals surface area contributed by atoms with Crippen molar-refractivity contribution in [3.63, 3.8) is 0 Å². The summed E-state index contributed by atoms with van der Waals surface area (Å²) >= 11 is 0. The summed E-state index contributed by atoms with van der Waals surface area (Å²) in [5.74, 6) is 1.37. The molecule has 0 N–H and O–H groups in total. The molecule has 1 aliphatic rings. The first-order chi connectivity index (χ1) is 31.8. The zero-order valence-corrected chi connectivity index (χ0v) is 39.1. The van der Waals surface area contributed by atoms with Gasteiger partial charge in [-0.3, -0.25) is 0 Å². The SMILES string of the molecule is Cc1cccc(N(c2ccc3ccc4c(N(c5cccc(C)c5)c5cccc6c5oc5c(C(C)(C)C)cccc56)ccc5ccc2c3c54)c2cccc3c4c(oc23)C(C(C)(C)C)CC=C4)c1. The van der Waals surface area contributed by atoms with Crippen LogP contribution in [0.5, 0.6) is 0 Å². The Morgan fingerprint density at radius 3 is 1.52 bits per heavy atom. The maximum atomic E-state index is 7.14. The van der Waals surface area contributed by atoms with Gasteiger partial charge in [-0.2, -0.15) is 0 Å². The lowest BCUT2D eigenvalue weighted by atomic mass is 9.74. The number of hydrogen-bond acceptors (Lipinski definition) is 4. The zero-order valence-electron chi connectivity index (χ0n) is 39.1. The van der Waals surface area contributed by atoms with E-state index in [-0.39, 0.29) is 16.7 Å². The van der Waals surface area contributed by atoms with Gasteiger partial charge in [0.05, 0.1) is 22.7 Å². The lowest BCUT2D eigenvalue weighted by molar-refractivity contribution is 0.283. The Morgan fingerprint density at radius 2 is 0.970 bits per heavy atom. The molecule has 0 fully saturated rings. The summed E-state index contributed by atoms with van der Waals surface area (Å²) < 4.78 is 14.2. The fourth-order valence-corrected chi connectivity index (χ4v) is 11.0. The van der Waals surface area contributed by atoms with Gasteiger partial charge < -0.3 is 18.6 Å². The molecule has 0 bridgehead atoms. The standard InChI is InChI=1S/C62H54N2O2/c1-37-15-9-17-41(35-37)63(53-25-13-21-45-43-19-11-23-49(61(3,4)5)57(43)65-59(45)53)51-33-29-39-28-32-48-52(34-30-40-27-31-47(51)55(39)56(40)48)64(42-18-10-16-38(2)36-42)54-26-14-22-46-44-20-12-24-50(62(6,7)8)58(44)66-60(46)54/h9-23,25-36,50H,24H2,1-8H3. The number of para-hydroxylation sites is 3. The highest BCUT2D eigenvalue weighted by atomic mass is 16.3. The van der Waals surface area contributed by atoms with Crippen LogP contribution in [0.15, 0.2) is 167 Å². The van der Waals surface area contributed by atoms with Gasteiger partial charge in [0.25, 0.3) is 0 Å². The Morgan fingerprint density at radius 1 is 0.470 bits per heavy atom. The molecule has 0 saturated heterocycles. The predicted molar refractivity (Wildman–Crippen MR) is 281 cm³/mol. The van der Waals surface area contributed by atoms with Crippen LogP contribution in [0.2, 0.25) is 0 Å². The Hall–Kier alpha value is -7.30. The summed E-state index contributed by atoms with van der Waals surface area (Å²) in [4.78, 5) is 4.85. The van der Waals surface area contributed by atoms with Crippen LogP contribution in [0.1, 0.15) is 81.9 Å². The molecule has 0 radical (unpaired) electrons. The molecule has 324 valence electrons. The normalized spacial score (nSPS) is 14.4. The number of fused-ring (bicyclic) bond motifs is 6. The minimum Gasteiger partial charge on any atom is -0.458 e. The first-order valence-electron chi connectivity index (χ1n) is 23.4. The molecule has 4 nitrogen and oxygen atoms in total. The van der Waals surface area contributed by atoms with Crippen molar-refractivity contribution in [3.8, 4) is 0 Å². The van der Waals surface area contributed by atoms with Gasteiger partial charge in [-0.15, -0.1) is 0 Å². The molecule has 12 rings (SSSR count). The van der Waals surface area contributed by atoms with Crippen LogP contribution in [0.3, 0.4) is 0 Å². The first kappa shape index (κ1) is 40.2. The fourth-order valence-electron chi connectivity index (χ4n) is 11.0. The quantitative estimate of drug-likeness (QED) is 0.156. The van der Waals surface area contributed by atoms with Crippen LogP contribution in [0.25, 0.3) is 71.3 Å². The molecular formula is C62H54N2O2.